The Morgan fingerprint density at radius 1 is 0.463 bits per heavy atom. The van der Waals surface area contributed by atoms with Crippen LogP contribution < -0.4 is 98.2 Å². The van der Waals surface area contributed by atoms with Crippen LogP contribution in [0.15, 0.2) is 34.3 Å². The summed E-state index contributed by atoms with van der Waals surface area (Å²) < 4.78 is 0. The molecular weight excluding hydrogens is 1620 g/mol. The van der Waals surface area contributed by atoms with E-state index in [9.17, 15) is 102 Å². The molecule has 2 aliphatic heterocycles. The second kappa shape index (κ2) is 53.1. The van der Waals surface area contributed by atoms with Gasteiger partial charge in [0.05, 0.1) is 6.04 Å². The largest absolute Gasteiger partial charge is 0.508 e. The fourth-order valence-electron chi connectivity index (χ4n) is 13.1. The van der Waals surface area contributed by atoms with E-state index >= 15 is 0 Å². The summed E-state index contributed by atoms with van der Waals surface area (Å²) in [5.74, 6) is -19.5. The minimum absolute atomic E-state index is 0.00908. The first kappa shape index (κ1) is 104. The van der Waals surface area contributed by atoms with Gasteiger partial charge in [-0.3, -0.25) is 86.7 Å². The van der Waals surface area contributed by atoms with Gasteiger partial charge in [-0.15, -0.1) is 0 Å². The maximum Gasteiger partial charge on any atom is 0.326 e. The average molecular weight is 1750 g/mol. The van der Waals surface area contributed by atoms with Gasteiger partial charge < -0.3 is 128 Å². The molecule has 2 aliphatic rings. The summed E-state index contributed by atoms with van der Waals surface area (Å²) in [6, 6.07) is -15.7. The Hall–Kier alpha value is -10.8. The molecule has 16 atom stereocenters. The standard InChI is InChI=1S/C76H126N22O21S2/c1-9-40(6)59(73(117)98-33-15-20-55(98)71(115)90-47(18-13-31-84-76(81)82)63(107)93-52(36-120)68(112)85-42(8)61(105)95-58(39(4)5)74(118)119)96-67(111)50(34-38(2)3)92-69(113)53(37-121)94-62(106)46(17-10-11-29-77)87-64(108)48(25-27-56(100)101)88-65(109)49(26-28-57(102)103)89-66(110)51(35-43-21-23-44(99)24-22-43)91-60(104)41(7)86-70(114)54-19-14-32-97(54)72(116)45(78)16-12-30-83-75(79)80/h21-24,38-42,45-55,58-59,99,120-121H,9-20,25-37,77-78H2,1-8H3,(H,85,112)(H,86,114)(H,87,108)(H,88,109)(H,89,110)(H,90,115)(H,91,104)(H,92,113)(H,93,107)(H,94,106)(H,95,105)(H,96,111)(H,100,101)(H,102,103)(H,118,119)(H4,79,80,83)(H4,81,82,84)/t40-,41-,42-,45-,46-,47-,48-,49-,50-,51-,52-,53-,54-,55-,58-,59-/m0/s1. The lowest BCUT2D eigenvalue weighted by atomic mass is 9.95. The number of amides is 14. The minimum Gasteiger partial charge on any atom is -0.508 e. The number of rotatable bonds is 54. The second-order valence-corrected chi connectivity index (χ2v) is 31.5. The monoisotopic (exact) mass is 1750 g/mol. The quantitative estimate of drug-likeness (QED) is 0.0125. The van der Waals surface area contributed by atoms with E-state index in [1.165, 1.54) is 47.9 Å². The highest BCUT2D eigenvalue weighted by atomic mass is 32.1. The van der Waals surface area contributed by atoms with Crippen molar-refractivity contribution in [2.75, 3.05) is 44.2 Å². The van der Waals surface area contributed by atoms with Crippen molar-refractivity contribution in [3.8, 4) is 5.75 Å². The first-order valence-corrected chi connectivity index (χ1v) is 41.7. The van der Waals surface area contributed by atoms with Gasteiger partial charge in [0.2, 0.25) is 82.7 Å². The molecule has 1 aromatic rings. The van der Waals surface area contributed by atoms with E-state index < -0.39 is 235 Å². The van der Waals surface area contributed by atoms with E-state index in [-0.39, 0.29) is 126 Å². The van der Waals surface area contributed by atoms with Gasteiger partial charge in [-0.2, -0.15) is 25.3 Å². The fourth-order valence-corrected chi connectivity index (χ4v) is 13.6. The van der Waals surface area contributed by atoms with Crippen molar-refractivity contribution in [3.05, 3.63) is 29.8 Å². The van der Waals surface area contributed by atoms with E-state index in [1.54, 1.807) is 41.5 Å². The molecule has 0 bridgehead atoms. The van der Waals surface area contributed by atoms with Crippen LogP contribution in [-0.4, -0.2) is 278 Å². The molecule has 0 aromatic heterocycles. The van der Waals surface area contributed by atoms with Crippen LogP contribution in [0.5, 0.6) is 5.75 Å². The van der Waals surface area contributed by atoms with Gasteiger partial charge in [0.1, 0.15) is 90.3 Å². The van der Waals surface area contributed by atoms with Gasteiger partial charge in [-0.05, 0) is 146 Å². The molecule has 121 heavy (non-hydrogen) atoms. The Kier molecular flexibility index (Phi) is 45.8. The van der Waals surface area contributed by atoms with Gasteiger partial charge in [0.25, 0.3) is 0 Å². The van der Waals surface area contributed by atoms with Gasteiger partial charge in [0.15, 0.2) is 11.9 Å². The van der Waals surface area contributed by atoms with Crippen LogP contribution in [0.2, 0.25) is 0 Å². The smallest absolute Gasteiger partial charge is 0.326 e. The minimum atomic E-state index is -1.84. The summed E-state index contributed by atoms with van der Waals surface area (Å²) in [5, 5.41) is 69.7. The Morgan fingerprint density at radius 2 is 0.851 bits per heavy atom. The number of aliphatic imine (C=N–C) groups is 2. The highest BCUT2D eigenvalue weighted by Gasteiger charge is 2.44. The van der Waals surface area contributed by atoms with Gasteiger partial charge >= 0.3 is 17.9 Å². The molecule has 0 unspecified atom stereocenters. The molecule has 2 fully saturated rings. The van der Waals surface area contributed by atoms with E-state index in [4.69, 9.17) is 34.4 Å². The predicted octanol–water partition coefficient (Wildman–Crippen LogP) is -5.24. The zero-order chi connectivity index (χ0) is 91.1. The van der Waals surface area contributed by atoms with Gasteiger partial charge in [-0.25, -0.2) is 4.79 Å². The van der Waals surface area contributed by atoms with Gasteiger partial charge in [-0.1, -0.05) is 60.1 Å². The Bertz CT molecular complexity index is 3780. The summed E-state index contributed by atoms with van der Waals surface area (Å²) in [6.07, 6.45) is -1.09. The van der Waals surface area contributed by atoms with Crippen molar-refractivity contribution in [1.29, 1.82) is 0 Å². The molecule has 28 N–H and O–H groups in total. The number of thiol groups is 2. The number of phenolic OH excluding ortho intramolecular Hbond substituents is 1. The Balaban J connectivity index is 1.90. The molecule has 45 heteroatoms. The third-order valence-electron chi connectivity index (χ3n) is 20.2. The van der Waals surface area contributed by atoms with Crippen molar-refractivity contribution in [1.82, 2.24) is 73.6 Å². The molecule has 0 radical (unpaired) electrons. The normalized spacial score (nSPS) is 17.2. The number of likely N-dealkylation sites (tertiary alicyclic amines) is 2. The number of carboxylic acid groups (broad SMARTS) is 3. The summed E-state index contributed by atoms with van der Waals surface area (Å²) in [6.45, 7) is 13.2. The number of aromatic hydroxyl groups is 1. The molecule has 0 aliphatic carbocycles. The zero-order valence-corrected chi connectivity index (χ0v) is 71.5. The van der Waals surface area contributed by atoms with Crippen LogP contribution in [0, 0.1) is 17.8 Å². The number of nitrogens with two attached hydrogens (primary N) is 6. The lowest BCUT2D eigenvalue weighted by Crippen LogP contribution is -2.61. The maximum atomic E-state index is 14.9. The van der Waals surface area contributed by atoms with Gasteiger partial charge in [0, 0.05) is 56.9 Å². The summed E-state index contributed by atoms with van der Waals surface area (Å²) in [7, 11) is 0. The molecule has 678 valence electrons. The molecule has 0 spiro atoms. The Labute approximate surface area is 713 Å². The summed E-state index contributed by atoms with van der Waals surface area (Å²) in [4.78, 5) is 245. The van der Waals surface area contributed by atoms with Crippen LogP contribution in [0.3, 0.4) is 0 Å². The number of hydrogen-bond acceptors (Lipinski definition) is 24. The number of benzene rings is 1. The fraction of sp³-hybridized carbons (Fsp3) is 0.671. The van der Waals surface area contributed by atoms with E-state index in [0.29, 0.717) is 31.2 Å². The summed E-state index contributed by atoms with van der Waals surface area (Å²) in [5.41, 5.74) is 34.2. The van der Waals surface area contributed by atoms with Crippen molar-refractivity contribution >= 4 is 138 Å². The average Bonchev–Trinajstić information content (AvgIpc) is 1.71. The third kappa shape index (κ3) is 36.2. The topological polar surface area (TPSA) is 703 Å². The maximum absolute atomic E-state index is 14.9. The van der Waals surface area contributed by atoms with E-state index in [1.807, 2.05) is 0 Å². The van der Waals surface area contributed by atoms with E-state index in [0.717, 1.165) is 0 Å². The number of carbonyl (C=O) groups is 17. The van der Waals surface area contributed by atoms with Crippen LogP contribution in [0.1, 0.15) is 170 Å². The number of nitrogens with zero attached hydrogens (tertiary/aromatic N) is 4. The highest BCUT2D eigenvalue weighted by Crippen LogP contribution is 2.24. The van der Waals surface area contributed by atoms with Crippen LogP contribution >= 0.6 is 25.3 Å². The second-order valence-electron chi connectivity index (χ2n) is 30.8. The molecule has 2 heterocycles. The molecule has 1 aromatic carbocycles. The van der Waals surface area contributed by atoms with E-state index in [2.05, 4.69) is 99.0 Å². The first-order valence-electron chi connectivity index (χ1n) is 40.5. The number of carboxylic acids is 3. The van der Waals surface area contributed by atoms with Crippen molar-refractivity contribution in [2.24, 2.45) is 62.1 Å². The molecular formula is C76H126N22O21S2. The molecule has 2 saturated heterocycles. The van der Waals surface area contributed by atoms with Crippen LogP contribution in [0.4, 0.5) is 0 Å². The van der Waals surface area contributed by atoms with Crippen molar-refractivity contribution in [3.63, 3.8) is 0 Å². The molecule has 14 amide bonds. The first-order chi connectivity index (χ1) is 57.0. The molecule has 43 nitrogen and oxygen atoms in total. The summed E-state index contributed by atoms with van der Waals surface area (Å²) >= 11 is 8.58. The number of aliphatic carboxylic acids is 3. The lowest BCUT2D eigenvalue weighted by Gasteiger charge is -2.33. The van der Waals surface area contributed by atoms with Crippen LogP contribution in [-0.2, 0) is 87.9 Å². The predicted molar refractivity (Wildman–Crippen MR) is 449 cm³/mol. The third-order valence-corrected chi connectivity index (χ3v) is 20.9. The van der Waals surface area contributed by atoms with Crippen LogP contribution in [0.25, 0.3) is 0 Å². The SMILES string of the molecule is CC[C@H](C)[C@H](NC(=O)[C@H](CC(C)C)NC(=O)[C@H](CS)NC(=O)[C@H](CCCCN)NC(=O)[C@H](CCC(=O)O)NC(=O)[C@H](CCC(=O)O)NC(=O)[C@H](Cc1ccc(O)cc1)NC(=O)[C@H](C)NC(=O)[C@@H]1CCCN1C(=O)[C@@H](N)CCCN=C(N)N)C(=O)N1CCC[C@H]1C(=O)N[C@@H](CCCN=C(N)N)C(=O)N[C@@H](CS)C(=O)N[C@@H](C)C(=O)N[C@H](C(=O)O)C(C)C. The van der Waals surface area contributed by atoms with Crippen molar-refractivity contribution < 1.29 is 102 Å². The highest BCUT2D eigenvalue weighted by molar-refractivity contribution is 7.80. The number of hydrogen-bond donors (Lipinski definition) is 24. The lowest BCUT2D eigenvalue weighted by molar-refractivity contribution is -0.144. The number of nitrogens with one attached hydrogen (secondary N) is 12. The Morgan fingerprint density at radius 3 is 1.31 bits per heavy atom. The zero-order valence-electron chi connectivity index (χ0n) is 69.8. The molecule has 0 saturated carbocycles. The number of guanidine groups is 2. The number of phenols is 1. The number of unbranched alkanes of at least 4 members (excludes halogenated alkanes) is 1. The number of carbonyl (C=O) groups excluding carboxylic acids is 14. The molecule has 3 rings (SSSR count). The van der Waals surface area contributed by atoms with Crippen molar-refractivity contribution in [2.45, 2.75) is 262 Å².